The molecule has 2 amide bonds. The van der Waals surface area contributed by atoms with Crippen molar-refractivity contribution in [1.29, 1.82) is 0 Å². The maximum absolute atomic E-state index is 14.2. The molecule has 1 aromatic heterocycles. The number of esters is 1. The first-order valence-corrected chi connectivity index (χ1v) is 11.8. The third kappa shape index (κ3) is 4.70. The van der Waals surface area contributed by atoms with Crippen molar-refractivity contribution in [3.8, 4) is 0 Å². The van der Waals surface area contributed by atoms with Gasteiger partial charge in [0.15, 0.2) is 0 Å². The van der Waals surface area contributed by atoms with Crippen molar-refractivity contribution in [2.75, 3.05) is 13.2 Å². The van der Waals surface area contributed by atoms with E-state index in [1.54, 1.807) is 6.92 Å². The quantitative estimate of drug-likeness (QED) is 0.373. The van der Waals surface area contributed by atoms with Crippen LogP contribution in [0.15, 0.2) is 40.9 Å². The number of benzene rings is 2. The van der Waals surface area contributed by atoms with Gasteiger partial charge in [-0.05, 0) is 60.7 Å². The summed E-state index contributed by atoms with van der Waals surface area (Å²) in [7, 11) is 0. The third-order valence-corrected chi connectivity index (χ3v) is 6.93. The molecule has 34 heavy (non-hydrogen) atoms. The minimum absolute atomic E-state index is 0.0140. The summed E-state index contributed by atoms with van der Waals surface area (Å²) in [5, 5.41) is 3.94. The van der Waals surface area contributed by atoms with Crippen LogP contribution in [-0.2, 0) is 33.8 Å². The zero-order valence-corrected chi connectivity index (χ0v) is 20.5. The van der Waals surface area contributed by atoms with Gasteiger partial charge in [-0.25, -0.2) is 9.18 Å². The van der Waals surface area contributed by atoms with Crippen molar-refractivity contribution in [3.05, 3.63) is 68.8 Å². The average Bonchev–Trinajstić information content (AvgIpc) is 3.29. The second-order valence-electron chi connectivity index (χ2n) is 8.18. The number of carbonyl (C=O) groups is 3. The van der Waals surface area contributed by atoms with E-state index in [0.29, 0.717) is 18.7 Å². The molecule has 0 saturated carbocycles. The number of nitrogens with one attached hydrogen (secondary N) is 2. The second kappa shape index (κ2) is 9.97. The Morgan fingerprint density at radius 1 is 1.26 bits per heavy atom. The highest BCUT2D eigenvalue weighted by atomic mass is 79.9. The SMILES string of the molecule is CCOC(=O)C(F)C(=O)N1CCc2c(CNC(=O)c3cc4c(C)c(Br)ccc4[nH]3)cccc2C1. The van der Waals surface area contributed by atoms with Gasteiger partial charge >= 0.3 is 5.97 Å². The van der Waals surface area contributed by atoms with Crippen LogP contribution < -0.4 is 5.32 Å². The minimum atomic E-state index is -2.32. The Hall–Kier alpha value is -3.20. The molecule has 1 atom stereocenters. The van der Waals surface area contributed by atoms with E-state index in [2.05, 4.69) is 31.0 Å². The molecule has 2 N–H and O–H groups in total. The molecule has 0 radical (unpaired) electrons. The number of halogens is 2. The van der Waals surface area contributed by atoms with Crippen molar-refractivity contribution >= 4 is 44.6 Å². The highest BCUT2D eigenvalue weighted by Gasteiger charge is 2.33. The van der Waals surface area contributed by atoms with Gasteiger partial charge in [0.05, 0.1) is 6.61 Å². The number of amides is 2. The number of hydrogen-bond acceptors (Lipinski definition) is 4. The number of aromatic nitrogens is 1. The lowest BCUT2D eigenvalue weighted by molar-refractivity contribution is -0.157. The fraction of sp³-hybridized carbons (Fsp3) is 0.320. The lowest BCUT2D eigenvalue weighted by Gasteiger charge is -2.30. The zero-order chi connectivity index (χ0) is 24.4. The molecule has 1 aliphatic heterocycles. The van der Waals surface area contributed by atoms with E-state index in [4.69, 9.17) is 0 Å². The van der Waals surface area contributed by atoms with E-state index >= 15 is 0 Å². The predicted molar refractivity (Wildman–Crippen MR) is 129 cm³/mol. The molecule has 1 unspecified atom stereocenters. The number of carbonyl (C=O) groups excluding carboxylic acids is 3. The van der Waals surface area contributed by atoms with E-state index < -0.39 is 18.0 Å². The molecule has 0 saturated heterocycles. The Bertz CT molecular complexity index is 1270. The molecule has 0 aliphatic carbocycles. The van der Waals surface area contributed by atoms with Gasteiger partial charge in [0.2, 0.25) is 0 Å². The largest absolute Gasteiger partial charge is 0.463 e. The topological polar surface area (TPSA) is 91.5 Å². The summed E-state index contributed by atoms with van der Waals surface area (Å²) in [6.45, 7) is 4.37. The first-order chi connectivity index (χ1) is 16.3. The summed E-state index contributed by atoms with van der Waals surface area (Å²) in [4.78, 5) is 41.3. The number of aromatic amines is 1. The minimum Gasteiger partial charge on any atom is -0.463 e. The van der Waals surface area contributed by atoms with E-state index in [-0.39, 0.29) is 25.6 Å². The summed E-state index contributed by atoms with van der Waals surface area (Å²) in [5.41, 5.74) is 5.26. The maximum atomic E-state index is 14.2. The fourth-order valence-corrected chi connectivity index (χ4v) is 4.58. The number of fused-ring (bicyclic) bond motifs is 2. The summed E-state index contributed by atoms with van der Waals surface area (Å²) in [6, 6.07) is 11.4. The molecule has 2 heterocycles. The molecule has 4 rings (SSSR count). The van der Waals surface area contributed by atoms with Gasteiger partial charge in [-0.2, -0.15) is 0 Å². The molecular weight excluding hydrogens is 505 g/mol. The molecule has 7 nitrogen and oxygen atoms in total. The smallest absolute Gasteiger partial charge is 0.350 e. The van der Waals surface area contributed by atoms with Crippen LogP contribution in [0.3, 0.4) is 0 Å². The lowest BCUT2D eigenvalue weighted by atomic mass is 9.94. The number of hydrogen-bond donors (Lipinski definition) is 2. The summed E-state index contributed by atoms with van der Waals surface area (Å²) >= 11 is 3.51. The molecule has 9 heteroatoms. The highest BCUT2D eigenvalue weighted by molar-refractivity contribution is 9.10. The van der Waals surface area contributed by atoms with Crippen LogP contribution >= 0.6 is 15.9 Å². The van der Waals surface area contributed by atoms with Gasteiger partial charge < -0.3 is 19.9 Å². The summed E-state index contributed by atoms with van der Waals surface area (Å²) < 4.78 is 19.8. The highest BCUT2D eigenvalue weighted by Crippen LogP contribution is 2.27. The number of nitrogens with zero attached hydrogens (tertiary/aromatic N) is 1. The molecular formula is C25H25BrFN3O4. The van der Waals surface area contributed by atoms with Gasteiger partial charge in [0.25, 0.3) is 18.0 Å². The molecule has 0 bridgehead atoms. The van der Waals surface area contributed by atoms with Crippen molar-refractivity contribution in [2.24, 2.45) is 0 Å². The molecule has 1 aliphatic rings. The van der Waals surface area contributed by atoms with Crippen molar-refractivity contribution in [1.82, 2.24) is 15.2 Å². The Labute approximate surface area is 204 Å². The van der Waals surface area contributed by atoms with Crippen LogP contribution in [0.2, 0.25) is 0 Å². The van der Waals surface area contributed by atoms with Gasteiger partial charge in [0, 0.05) is 35.0 Å². The van der Waals surface area contributed by atoms with Gasteiger partial charge in [-0.3, -0.25) is 9.59 Å². The van der Waals surface area contributed by atoms with Crippen molar-refractivity contribution < 1.29 is 23.5 Å². The maximum Gasteiger partial charge on any atom is 0.350 e. The standard InChI is InChI=1S/C25H25BrFN3O4/c1-3-34-25(33)22(27)24(32)30-10-9-17-15(5-4-6-16(17)13-30)12-28-23(31)21-11-18-14(2)19(26)7-8-20(18)29-21/h4-8,11,22,29H,3,9-10,12-13H2,1-2H3,(H,28,31). The van der Waals surface area contributed by atoms with Gasteiger partial charge in [0.1, 0.15) is 5.69 Å². The zero-order valence-electron chi connectivity index (χ0n) is 18.9. The van der Waals surface area contributed by atoms with Crippen LogP contribution in [0.25, 0.3) is 10.9 Å². The van der Waals surface area contributed by atoms with E-state index in [1.165, 1.54) is 4.90 Å². The number of ether oxygens (including phenoxy) is 1. The van der Waals surface area contributed by atoms with Gasteiger partial charge in [-0.15, -0.1) is 0 Å². The number of rotatable bonds is 6. The molecule has 0 fully saturated rings. The first kappa shape index (κ1) is 23.9. The van der Waals surface area contributed by atoms with E-state index in [9.17, 15) is 18.8 Å². The summed E-state index contributed by atoms with van der Waals surface area (Å²) in [5.74, 6) is -2.26. The van der Waals surface area contributed by atoms with Crippen LogP contribution in [-0.4, -0.2) is 47.0 Å². The fourth-order valence-electron chi connectivity index (χ4n) is 4.23. The van der Waals surface area contributed by atoms with Crippen LogP contribution in [0.1, 0.15) is 39.7 Å². The van der Waals surface area contributed by atoms with Crippen molar-refractivity contribution in [2.45, 2.75) is 39.5 Å². The Morgan fingerprint density at radius 3 is 2.82 bits per heavy atom. The predicted octanol–water partition coefficient (Wildman–Crippen LogP) is 3.95. The number of aryl methyl sites for hydroxylation is 1. The van der Waals surface area contributed by atoms with Gasteiger partial charge in [-0.1, -0.05) is 34.1 Å². The molecule has 0 spiro atoms. The van der Waals surface area contributed by atoms with Crippen LogP contribution in [0.5, 0.6) is 0 Å². The Morgan fingerprint density at radius 2 is 2.06 bits per heavy atom. The summed E-state index contributed by atoms with van der Waals surface area (Å²) in [6.07, 6.45) is -1.81. The second-order valence-corrected chi connectivity index (χ2v) is 9.03. The average molecular weight is 530 g/mol. The lowest BCUT2D eigenvalue weighted by Crippen LogP contribution is -2.44. The molecule has 2 aromatic carbocycles. The number of H-pyrrole nitrogens is 1. The Balaban J connectivity index is 1.44. The van der Waals surface area contributed by atoms with Crippen molar-refractivity contribution in [3.63, 3.8) is 0 Å². The van der Waals surface area contributed by atoms with E-state index in [0.717, 1.165) is 37.6 Å². The Kier molecular flexibility index (Phi) is 7.02. The number of alkyl halides is 1. The molecule has 3 aromatic rings. The first-order valence-electron chi connectivity index (χ1n) is 11.0. The third-order valence-electron chi connectivity index (χ3n) is 6.08. The van der Waals surface area contributed by atoms with Crippen LogP contribution in [0.4, 0.5) is 4.39 Å². The normalized spacial score (nSPS) is 13.9. The monoisotopic (exact) mass is 529 g/mol. The molecule has 178 valence electrons. The van der Waals surface area contributed by atoms with E-state index in [1.807, 2.05) is 43.3 Å². The van der Waals surface area contributed by atoms with Crippen LogP contribution in [0, 0.1) is 6.92 Å².